The number of piperidine rings is 1. The fraction of sp³-hybridized carbons (Fsp3) is 0.353. The SMILES string of the molecule is Cc1noc(C2CCN(C(=O)/C=C\c3cccc(Cl)c3)CC2)n1. The summed E-state index contributed by atoms with van der Waals surface area (Å²) in [7, 11) is 0. The van der Waals surface area contributed by atoms with Crippen LogP contribution >= 0.6 is 11.6 Å². The van der Waals surface area contributed by atoms with Gasteiger partial charge in [-0.05, 0) is 43.5 Å². The highest BCUT2D eigenvalue weighted by Crippen LogP contribution is 2.26. The number of amides is 1. The van der Waals surface area contributed by atoms with E-state index in [2.05, 4.69) is 10.1 Å². The van der Waals surface area contributed by atoms with Gasteiger partial charge in [-0.25, -0.2) is 0 Å². The Hall–Kier alpha value is -2.14. The molecule has 0 unspecified atom stereocenters. The van der Waals surface area contributed by atoms with Crippen molar-refractivity contribution in [2.24, 2.45) is 0 Å². The van der Waals surface area contributed by atoms with Gasteiger partial charge in [-0.2, -0.15) is 4.98 Å². The first-order valence-corrected chi connectivity index (χ1v) is 8.02. The van der Waals surface area contributed by atoms with Crippen LogP contribution in [-0.4, -0.2) is 34.0 Å². The number of carbonyl (C=O) groups excluding carboxylic acids is 1. The van der Waals surface area contributed by atoms with Gasteiger partial charge < -0.3 is 9.42 Å². The number of benzene rings is 1. The second-order valence-corrected chi connectivity index (χ2v) is 6.10. The Morgan fingerprint density at radius 2 is 2.17 bits per heavy atom. The van der Waals surface area contributed by atoms with Gasteiger partial charge in [0.1, 0.15) is 0 Å². The number of hydrogen-bond acceptors (Lipinski definition) is 4. The lowest BCUT2D eigenvalue weighted by atomic mass is 9.96. The minimum absolute atomic E-state index is 0.0186. The molecule has 0 bridgehead atoms. The largest absolute Gasteiger partial charge is 0.339 e. The summed E-state index contributed by atoms with van der Waals surface area (Å²) in [6.45, 7) is 3.21. The van der Waals surface area contributed by atoms with E-state index in [1.807, 2.05) is 36.1 Å². The molecule has 0 saturated carbocycles. The van der Waals surface area contributed by atoms with Gasteiger partial charge in [0.15, 0.2) is 5.82 Å². The second kappa shape index (κ2) is 6.96. The van der Waals surface area contributed by atoms with E-state index in [0.29, 0.717) is 29.8 Å². The first-order chi connectivity index (χ1) is 11.1. The summed E-state index contributed by atoms with van der Waals surface area (Å²) in [6.07, 6.45) is 5.08. The highest BCUT2D eigenvalue weighted by Gasteiger charge is 2.26. The number of carbonyl (C=O) groups is 1. The Kier molecular flexibility index (Phi) is 4.76. The highest BCUT2D eigenvalue weighted by atomic mass is 35.5. The maximum absolute atomic E-state index is 12.3. The zero-order valence-corrected chi connectivity index (χ0v) is 13.7. The summed E-state index contributed by atoms with van der Waals surface area (Å²) in [6, 6.07) is 7.42. The van der Waals surface area contributed by atoms with Crippen LogP contribution in [0.25, 0.3) is 6.08 Å². The van der Waals surface area contributed by atoms with E-state index in [-0.39, 0.29) is 11.8 Å². The Bertz CT molecular complexity index is 718. The summed E-state index contributed by atoms with van der Waals surface area (Å²) in [5.74, 6) is 1.61. The van der Waals surface area contributed by atoms with Crippen molar-refractivity contribution in [1.82, 2.24) is 15.0 Å². The second-order valence-electron chi connectivity index (χ2n) is 5.67. The molecule has 1 aromatic heterocycles. The Morgan fingerprint density at radius 1 is 1.39 bits per heavy atom. The Morgan fingerprint density at radius 3 is 2.83 bits per heavy atom. The lowest BCUT2D eigenvalue weighted by Crippen LogP contribution is -2.36. The van der Waals surface area contributed by atoms with Crippen LogP contribution in [0, 0.1) is 6.92 Å². The third-order valence-corrected chi connectivity index (χ3v) is 4.20. The smallest absolute Gasteiger partial charge is 0.246 e. The quantitative estimate of drug-likeness (QED) is 0.808. The van der Waals surface area contributed by atoms with Gasteiger partial charge in [-0.3, -0.25) is 4.79 Å². The molecule has 0 atom stereocenters. The molecule has 0 radical (unpaired) electrons. The normalized spacial score (nSPS) is 16.2. The van der Waals surface area contributed by atoms with Crippen LogP contribution < -0.4 is 0 Å². The van der Waals surface area contributed by atoms with Crippen molar-refractivity contribution < 1.29 is 9.32 Å². The molecule has 1 aromatic carbocycles. The van der Waals surface area contributed by atoms with Gasteiger partial charge in [-0.15, -0.1) is 0 Å². The predicted octanol–water partition coefficient (Wildman–Crippen LogP) is 3.45. The lowest BCUT2D eigenvalue weighted by molar-refractivity contribution is -0.127. The maximum atomic E-state index is 12.3. The molecular weight excluding hydrogens is 314 g/mol. The van der Waals surface area contributed by atoms with Gasteiger partial charge in [-0.1, -0.05) is 28.9 Å². The van der Waals surface area contributed by atoms with Crippen LogP contribution in [0.1, 0.15) is 36.0 Å². The van der Waals surface area contributed by atoms with Crippen molar-refractivity contribution in [2.75, 3.05) is 13.1 Å². The van der Waals surface area contributed by atoms with E-state index in [1.54, 1.807) is 12.2 Å². The fourth-order valence-corrected chi connectivity index (χ4v) is 2.91. The summed E-state index contributed by atoms with van der Waals surface area (Å²) in [5, 5.41) is 4.49. The fourth-order valence-electron chi connectivity index (χ4n) is 2.71. The summed E-state index contributed by atoms with van der Waals surface area (Å²) >= 11 is 5.94. The predicted molar refractivity (Wildman–Crippen MR) is 88.1 cm³/mol. The molecule has 3 rings (SSSR count). The number of aryl methyl sites for hydroxylation is 1. The summed E-state index contributed by atoms with van der Waals surface area (Å²) in [5.41, 5.74) is 0.919. The monoisotopic (exact) mass is 331 g/mol. The third-order valence-electron chi connectivity index (χ3n) is 3.97. The third kappa shape index (κ3) is 3.99. The molecule has 120 valence electrons. The molecule has 23 heavy (non-hydrogen) atoms. The molecule has 6 heteroatoms. The number of hydrogen-bond donors (Lipinski definition) is 0. The van der Waals surface area contributed by atoms with Crippen LogP contribution in [0.15, 0.2) is 34.9 Å². The van der Waals surface area contributed by atoms with E-state index in [1.165, 1.54) is 0 Å². The first kappa shape index (κ1) is 15.7. The van der Waals surface area contributed by atoms with E-state index < -0.39 is 0 Å². The van der Waals surface area contributed by atoms with Crippen molar-refractivity contribution in [3.8, 4) is 0 Å². The molecule has 1 aliphatic heterocycles. The van der Waals surface area contributed by atoms with Crippen LogP contribution in [0.3, 0.4) is 0 Å². The zero-order chi connectivity index (χ0) is 16.2. The molecular formula is C17H18ClN3O2. The van der Waals surface area contributed by atoms with Gasteiger partial charge in [0.25, 0.3) is 0 Å². The average molecular weight is 332 g/mol. The van der Waals surface area contributed by atoms with Gasteiger partial charge in [0.2, 0.25) is 11.8 Å². The van der Waals surface area contributed by atoms with E-state index in [4.69, 9.17) is 16.1 Å². The molecule has 2 aromatic rings. The molecule has 1 amide bonds. The van der Waals surface area contributed by atoms with Crippen molar-refractivity contribution >= 4 is 23.6 Å². The topological polar surface area (TPSA) is 59.2 Å². The van der Waals surface area contributed by atoms with Crippen LogP contribution in [0.2, 0.25) is 5.02 Å². The zero-order valence-electron chi connectivity index (χ0n) is 12.9. The van der Waals surface area contributed by atoms with Gasteiger partial charge in [0.05, 0.1) is 0 Å². The Balaban J connectivity index is 1.56. The average Bonchev–Trinajstić information content (AvgIpc) is 2.99. The molecule has 0 aliphatic carbocycles. The summed E-state index contributed by atoms with van der Waals surface area (Å²) < 4.78 is 5.22. The lowest BCUT2D eigenvalue weighted by Gasteiger charge is -2.29. The number of nitrogens with zero attached hydrogens (tertiary/aromatic N) is 3. The van der Waals surface area contributed by atoms with Crippen molar-refractivity contribution in [1.29, 1.82) is 0 Å². The minimum atomic E-state index is 0.0186. The van der Waals surface area contributed by atoms with Crippen LogP contribution in [0.4, 0.5) is 0 Å². The standard InChI is InChI=1S/C17H18ClN3O2/c1-12-19-17(23-20-12)14-7-9-21(10-8-14)16(22)6-5-13-3-2-4-15(18)11-13/h2-6,11,14H,7-10H2,1H3/b6-5-. The van der Waals surface area contributed by atoms with E-state index in [9.17, 15) is 4.79 Å². The first-order valence-electron chi connectivity index (χ1n) is 7.64. The van der Waals surface area contributed by atoms with Crippen LogP contribution in [-0.2, 0) is 4.79 Å². The minimum Gasteiger partial charge on any atom is -0.339 e. The highest BCUT2D eigenvalue weighted by molar-refractivity contribution is 6.30. The molecule has 2 heterocycles. The van der Waals surface area contributed by atoms with E-state index in [0.717, 1.165) is 18.4 Å². The number of likely N-dealkylation sites (tertiary alicyclic amines) is 1. The molecule has 0 spiro atoms. The van der Waals surface area contributed by atoms with Crippen molar-refractivity contribution in [2.45, 2.75) is 25.7 Å². The number of halogens is 1. The number of aromatic nitrogens is 2. The van der Waals surface area contributed by atoms with Gasteiger partial charge in [0, 0.05) is 30.1 Å². The molecule has 1 saturated heterocycles. The maximum Gasteiger partial charge on any atom is 0.246 e. The molecule has 1 aliphatic rings. The number of rotatable bonds is 3. The molecule has 0 N–H and O–H groups in total. The van der Waals surface area contributed by atoms with Crippen molar-refractivity contribution in [3.05, 3.63) is 52.6 Å². The van der Waals surface area contributed by atoms with Gasteiger partial charge >= 0.3 is 0 Å². The van der Waals surface area contributed by atoms with Crippen LogP contribution in [0.5, 0.6) is 0 Å². The summed E-state index contributed by atoms with van der Waals surface area (Å²) in [4.78, 5) is 18.4. The Labute approximate surface area is 139 Å². The molecule has 5 nitrogen and oxygen atoms in total. The van der Waals surface area contributed by atoms with Crippen molar-refractivity contribution in [3.63, 3.8) is 0 Å². The molecule has 1 fully saturated rings. The van der Waals surface area contributed by atoms with E-state index >= 15 is 0 Å².